The molecule has 0 radical (unpaired) electrons. The van der Waals surface area contributed by atoms with Crippen molar-refractivity contribution in [3.05, 3.63) is 104 Å². The second-order valence-corrected chi connectivity index (χ2v) is 9.62. The monoisotopic (exact) mass is 501 g/mol. The van der Waals surface area contributed by atoms with Crippen LogP contribution in [0, 0.1) is 0 Å². The third-order valence-electron chi connectivity index (χ3n) is 5.94. The molecular formula is C28H25N2O5S+. The summed E-state index contributed by atoms with van der Waals surface area (Å²) in [7, 11) is 7.02. The molecule has 0 unspecified atom stereocenters. The molecule has 36 heavy (non-hydrogen) atoms. The van der Waals surface area contributed by atoms with Crippen molar-refractivity contribution >= 4 is 50.3 Å². The van der Waals surface area contributed by atoms with E-state index in [4.69, 9.17) is 0 Å². The lowest BCUT2D eigenvalue weighted by atomic mass is 9.88. The Morgan fingerprint density at radius 2 is 1.67 bits per heavy atom. The molecule has 182 valence electrons. The normalized spacial score (nSPS) is 14.4. The minimum Gasteiger partial charge on any atom is -0.478 e. The van der Waals surface area contributed by atoms with E-state index in [0.29, 0.717) is 39.1 Å². The number of carboxylic acids is 2. The van der Waals surface area contributed by atoms with Gasteiger partial charge in [0.25, 0.3) is 0 Å². The standard InChI is InChI=1S/C28H24N2O5S/c1-29(2)22-11-9-16(13-19(22)27(32)33)25(17-10-12-23(30(3)4)20(14-17)28(34)35)21-15-36-24-8-6-5-7-18(24)26(21)31/h5-15H,1-4H3,(H-,32,33,34,35)/p+1. The average Bonchev–Trinajstić information content (AvgIpc) is 2.85. The van der Waals surface area contributed by atoms with Crippen molar-refractivity contribution in [3.8, 4) is 0 Å². The molecule has 0 saturated carbocycles. The van der Waals surface area contributed by atoms with Crippen LogP contribution in [0.15, 0.2) is 82.0 Å². The molecule has 0 amide bonds. The van der Waals surface area contributed by atoms with Crippen LogP contribution in [0.3, 0.4) is 0 Å². The van der Waals surface area contributed by atoms with E-state index in [1.807, 2.05) is 12.1 Å². The van der Waals surface area contributed by atoms with E-state index in [1.165, 1.54) is 23.5 Å². The van der Waals surface area contributed by atoms with E-state index >= 15 is 0 Å². The Kier molecular flexibility index (Phi) is 6.72. The minimum absolute atomic E-state index is 0.0790. The van der Waals surface area contributed by atoms with Crippen molar-refractivity contribution in [3.63, 3.8) is 0 Å². The van der Waals surface area contributed by atoms with Gasteiger partial charge in [0.15, 0.2) is 5.43 Å². The molecular weight excluding hydrogens is 476 g/mol. The zero-order valence-electron chi connectivity index (χ0n) is 20.3. The zero-order chi connectivity index (χ0) is 26.1. The van der Waals surface area contributed by atoms with Gasteiger partial charge in [-0.3, -0.25) is 4.79 Å². The van der Waals surface area contributed by atoms with Gasteiger partial charge in [0.1, 0.15) is 19.7 Å². The first kappa shape index (κ1) is 24.8. The summed E-state index contributed by atoms with van der Waals surface area (Å²) in [5.41, 5.74) is 2.85. The van der Waals surface area contributed by atoms with Gasteiger partial charge in [-0.15, -0.1) is 11.3 Å². The van der Waals surface area contributed by atoms with Crippen molar-refractivity contribution in [2.75, 3.05) is 33.1 Å². The molecule has 1 heterocycles. The van der Waals surface area contributed by atoms with Gasteiger partial charge in [-0.2, -0.15) is 0 Å². The van der Waals surface area contributed by atoms with E-state index in [0.717, 1.165) is 4.70 Å². The van der Waals surface area contributed by atoms with Crippen LogP contribution in [0.25, 0.3) is 15.7 Å². The molecule has 2 aromatic carbocycles. The molecule has 1 aromatic heterocycles. The van der Waals surface area contributed by atoms with Gasteiger partial charge in [-0.05, 0) is 47.6 Å². The fourth-order valence-electron chi connectivity index (χ4n) is 4.23. The van der Waals surface area contributed by atoms with Crippen LogP contribution in [-0.2, 0) is 4.79 Å². The van der Waals surface area contributed by atoms with Crippen molar-refractivity contribution in [1.29, 1.82) is 0 Å². The van der Waals surface area contributed by atoms with E-state index in [1.54, 1.807) is 79.5 Å². The summed E-state index contributed by atoms with van der Waals surface area (Å²) in [4.78, 5) is 39.5. The van der Waals surface area contributed by atoms with Crippen molar-refractivity contribution in [1.82, 2.24) is 0 Å². The second kappa shape index (κ2) is 9.75. The van der Waals surface area contributed by atoms with E-state index in [2.05, 4.69) is 0 Å². The molecule has 0 aliphatic heterocycles. The Labute approximate surface area is 211 Å². The molecule has 0 atom stereocenters. The first-order valence-electron chi connectivity index (χ1n) is 11.1. The fourth-order valence-corrected chi connectivity index (χ4v) is 5.15. The van der Waals surface area contributed by atoms with Crippen molar-refractivity contribution < 1.29 is 24.4 Å². The molecule has 3 aromatic rings. The number of hydrogen-bond donors (Lipinski definition) is 2. The number of fused-ring (bicyclic) bond motifs is 1. The van der Waals surface area contributed by atoms with E-state index < -0.39 is 11.9 Å². The Hall–Kier alpha value is -4.30. The van der Waals surface area contributed by atoms with Crippen LogP contribution >= 0.6 is 11.3 Å². The molecule has 1 aliphatic rings. The highest BCUT2D eigenvalue weighted by Gasteiger charge is 2.26. The second-order valence-electron chi connectivity index (χ2n) is 8.71. The van der Waals surface area contributed by atoms with E-state index in [9.17, 15) is 24.6 Å². The number of carboxylic acid groups (broad SMARTS) is 2. The molecule has 0 spiro atoms. The van der Waals surface area contributed by atoms with Crippen molar-refractivity contribution in [2.24, 2.45) is 0 Å². The smallest absolute Gasteiger partial charge is 0.342 e. The molecule has 0 fully saturated rings. The summed E-state index contributed by atoms with van der Waals surface area (Å²) < 4.78 is 2.53. The summed E-state index contributed by atoms with van der Waals surface area (Å²) in [6.07, 6.45) is 4.99. The van der Waals surface area contributed by atoms with Crippen LogP contribution in [-0.4, -0.2) is 60.6 Å². The maximum Gasteiger partial charge on any atom is 0.342 e. The quantitative estimate of drug-likeness (QED) is 0.511. The average molecular weight is 502 g/mol. The van der Waals surface area contributed by atoms with Crippen LogP contribution in [0.2, 0.25) is 0 Å². The van der Waals surface area contributed by atoms with Crippen LogP contribution < -0.4 is 10.3 Å². The summed E-state index contributed by atoms with van der Waals surface area (Å²) >= 11 is 1.40. The highest BCUT2D eigenvalue weighted by molar-refractivity contribution is 7.16. The number of benzene rings is 2. The van der Waals surface area contributed by atoms with Gasteiger partial charge in [0.2, 0.25) is 5.71 Å². The summed E-state index contributed by atoms with van der Waals surface area (Å²) in [6.45, 7) is 0. The highest BCUT2D eigenvalue weighted by atomic mass is 32.1. The lowest BCUT2D eigenvalue weighted by Gasteiger charge is -2.19. The Morgan fingerprint density at radius 1 is 0.944 bits per heavy atom. The maximum absolute atomic E-state index is 13.6. The van der Waals surface area contributed by atoms with Crippen LogP contribution in [0.1, 0.15) is 21.5 Å². The molecule has 1 aliphatic carbocycles. The third kappa shape index (κ3) is 4.50. The lowest BCUT2D eigenvalue weighted by Crippen LogP contribution is -2.22. The van der Waals surface area contributed by atoms with Crippen LogP contribution in [0.5, 0.6) is 0 Å². The van der Waals surface area contributed by atoms with E-state index in [-0.39, 0.29) is 16.6 Å². The maximum atomic E-state index is 13.6. The molecule has 7 nitrogen and oxygen atoms in total. The SMILES string of the molecule is CN(C)c1ccc(C(=C2C=CC(=[N+](C)C)C(C(=O)O)=C2)c2csc3ccccc3c2=O)cc1C(=O)O. The van der Waals surface area contributed by atoms with Crippen LogP contribution in [0.4, 0.5) is 5.69 Å². The Morgan fingerprint density at radius 3 is 2.31 bits per heavy atom. The molecule has 8 heteroatoms. The first-order valence-corrected chi connectivity index (χ1v) is 12.0. The van der Waals surface area contributed by atoms with Gasteiger partial charge >= 0.3 is 11.9 Å². The van der Waals surface area contributed by atoms with Gasteiger partial charge in [-0.25, -0.2) is 14.2 Å². The fraction of sp³-hybridized carbons (Fsp3) is 0.143. The highest BCUT2D eigenvalue weighted by Crippen LogP contribution is 2.34. The Balaban J connectivity index is 2.11. The number of aromatic carboxylic acids is 1. The van der Waals surface area contributed by atoms with Gasteiger partial charge in [0.05, 0.1) is 11.3 Å². The molecule has 0 bridgehead atoms. The number of hydrogen-bond acceptors (Lipinski definition) is 5. The van der Waals surface area contributed by atoms with Gasteiger partial charge < -0.3 is 15.1 Å². The number of allylic oxidation sites excluding steroid dienone is 4. The largest absolute Gasteiger partial charge is 0.478 e. The number of anilines is 1. The number of aliphatic carboxylic acids is 1. The zero-order valence-corrected chi connectivity index (χ0v) is 21.1. The minimum atomic E-state index is -1.10. The summed E-state index contributed by atoms with van der Waals surface area (Å²) in [5.74, 6) is -2.20. The molecule has 4 rings (SSSR count). The predicted octanol–water partition coefficient (Wildman–Crippen LogP) is 4.12. The molecule has 2 N–H and O–H groups in total. The summed E-state index contributed by atoms with van der Waals surface area (Å²) in [5, 5.41) is 22.1. The first-order chi connectivity index (χ1) is 17.1. The topological polar surface area (TPSA) is 97.9 Å². The summed E-state index contributed by atoms with van der Waals surface area (Å²) in [6, 6.07) is 12.3. The number of rotatable bonds is 5. The lowest BCUT2D eigenvalue weighted by molar-refractivity contribution is -0.463. The van der Waals surface area contributed by atoms with Crippen molar-refractivity contribution in [2.45, 2.75) is 0 Å². The number of nitrogens with zero attached hydrogens (tertiary/aromatic N) is 2. The predicted molar refractivity (Wildman–Crippen MR) is 144 cm³/mol. The Bertz CT molecular complexity index is 1600. The van der Waals surface area contributed by atoms with Gasteiger partial charge in [0, 0.05) is 46.8 Å². The number of carbonyl (C=O) groups is 2. The third-order valence-corrected chi connectivity index (χ3v) is 6.91. The van der Waals surface area contributed by atoms with Gasteiger partial charge in [-0.1, -0.05) is 18.2 Å². The molecule has 0 saturated heterocycles.